The summed E-state index contributed by atoms with van der Waals surface area (Å²) in [4.78, 5) is 0.755. The summed E-state index contributed by atoms with van der Waals surface area (Å²) in [6, 6.07) is 7.20. The lowest BCUT2D eigenvalue weighted by Gasteiger charge is -2.19. The van der Waals surface area contributed by atoms with E-state index >= 15 is 0 Å². The lowest BCUT2D eigenvalue weighted by Crippen LogP contribution is -2.37. The number of nitrogens with one attached hydrogen (secondary N) is 1. The highest BCUT2D eigenvalue weighted by atomic mass is 32.2. The van der Waals surface area contributed by atoms with Crippen molar-refractivity contribution < 1.29 is 8.95 Å². The van der Waals surface area contributed by atoms with E-state index in [4.69, 9.17) is 4.74 Å². The van der Waals surface area contributed by atoms with Crippen molar-refractivity contribution in [3.63, 3.8) is 0 Å². The average molecular weight is 227 g/mol. The predicted octanol–water partition coefficient (Wildman–Crippen LogP) is 2.11. The third kappa shape index (κ3) is 4.01. The molecule has 0 bridgehead atoms. The fraction of sp³-hybridized carbons (Fsp3) is 0.455. The molecule has 0 spiro atoms. The molecule has 1 N–H and O–H groups in total. The molecule has 3 nitrogen and oxygen atoms in total. The van der Waals surface area contributed by atoms with Crippen molar-refractivity contribution >= 4 is 11.0 Å². The monoisotopic (exact) mass is 227 g/mol. The van der Waals surface area contributed by atoms with Crippen molar-refractivity contribution in [3.8, 4) is 5.75 Å². The van der Waals surface area contributed by atoms with Gasteiger partial charge in [0.05, 0.1) is 12.0 Å². The Bertz CT molecular complexity index is 341. The van der Waals surface area contributed by atoms with Crippen LogP contribution >= 0.6 is 0 Å². The zero-order valence-corrected chi connectivity index (χ0v) is 10.4. The molecule has 1 aromatic carbocycles. The number of ether oxygens (including phenoxy) is 1. The highest BCUT2D eigenvalue weighted by Gasteiger charge is 2.14. The van der Waals surface area contributed by atoms with Crippen molar-refractivity contribution in [3.05, 3.63) is 24.3 Å². The lowest BCUT2D eigenvalue weighted by atomic mass is 10.1. The van der Waals surface area contributed by atoms with E-state index in [1.54, 1.807) is 31.4 Å². The van der Waals surface area contributed by atoms with E-state index < -0.39 is 11.0 Å². The summed E-state index contributed by atoms with van der Waals surface area (Å²) in [5, 5.41) is 0. The minimum atomic E-state index is -1.17. The summed E-state index contributed by atoms with van der Waals surface area (Å²) in [5.74, 6) is 0.770. The van der Waals surface area contributed by atoms with E-state index in [1.165, 1.54) is 0 Å². The van der Waals surface area contributed by atoms with Crippen LogP contribution in [0.15, 0.2) is 29.2 Å². The maximum atomic E-state index is 11.8. The Labute approximate surface area is 93.4 Å². The quantitative estimate of drug-likeness (QED) is 0.859. The molecule has 0 aliphatic rings. The lowest BCUT2D eigenvalue weighted by molar-refractivity contribution is 0.414. The van der Waals surface area contributed by atoms with Crippen LogP contribution in [0.5, 0.6) is 5.75 Å². The molecule has 0 fully saturated rings. The molecule has 0 heterocycles. The average Bonchev–Trinajstić information content (AvgIpc) is 2.15. The zero-order chi connectivity index (χ0) is 11.5. The standard InChI is InChI=1S/C11H17NO2S/c1-11(2,3)12-15(13)10-7-5-9(14-4)6-8-10/h5-8,12H,1-4H3. The molecular weight excluding hydrogens is 210 g/mol. The summed E-state index contributed by atoms with van der Waals surface area (Å²) in [7, 11) is 0.442. The summed E-state index contributed by atoms with van der Waals surface area (Å²) in [6.45, 7) is 5.94. The van der Waals surface area contributed by atoms with Crippen LogP contribution in [-0.2, 0) is 11.0 Å². The minimum Gasteiger partial charge on any atom is -0.497 e. The Kier molecular flexibility index (Phi) is 3.88. The second-order valence-corrected chi connectivity index (χ2v) is 5.51. The number of benzene rings is 1. The molecule has 0 saturated carbocycles. The highest BCUT2D eigenvalue weighted by molar-refractivity contribution is 7.83. The van der Waals surface area contributed by atoms with Crippen molar-refractivity contribution in [1.29, 1.82) is 0 Å². The van der Waals surface area contributed by atoms with E-state index in [9.17, 15) is 4.21 Å². The van der Waals surface area contributed by atoms with Gasteiger partial charge in [-0.25, -0.2) is 8.93 Å². The van der Waals surface area contributed by atoms with E-state index in [0.29, 0.717) is 0 Å². The maximum absolute atomic E-state index is 11.8. The molecule has 1 unspecified atom stereocenters. The largest absolute Gasteiger partial charge is 0.497 e. The SMILES string of the molecule is COc1ccc(S(=O)NC(C)(C)C)cc1. The molecule has 84 valence electrons. The van der Waals surface area contributed by atoms with Gasteiger partial charge in [0.1, 0.15) is 16.7 Å². The van der Waals surface area contributed by atoms with Crippen LogP contribution in [-0.4, -0.2) is 16.9 Å². The van der Waals surface area contributed by atoms with Crippen molar-refractivity contribution in [1.82, 2.24) is 4.72 Å². The summed E-state index contributed by atoms with van der Waals surface area (Å²) in [5.41, 5.74) is -0.162. The first kappa shape index (κ1) is 12.2. The Morgan fingerprint density at radius 3 is 2.13 bits per heavy atom. The number of hydrogen-bond donors (Lipinski definition) is 1. The van der Waals surface area contributed by atoms with Crippen LogP contribution in [0.1, 0.15) is 20.8 Å². The van der Waals surface area contributed by atoms with Crippen molar-refractivity contribution in [2.24, 2.45) is 0 Å². The Morgan fingerprint density at radius 2 is 1.73 bits per heavy atom. The van der Waals surface area contributed by atoms with Gasteiger partial charge in [-0.15, -0.1) is 0 Å². The van der Waals surface area contributed by atoms with Crippen molar-refractivity contribution in [2.75, 3.05) is 7.11 Å². The zero-order valence-electron chi connectivity index (χ0n) is 9.53. The van der Waals surface area contributed by atoms with E-state index in [1.807, 2.05) is 20.8 Å². The van der Waals surface area contributed by atoms with Crippen LogP contribution in [0.4, 0.5) is 0 Å². The van der Waals surface area contributed by atoms with Crippen LogP contribution < -0.4 is 9.46 Å². The smallest absolute Gasteiger partial charge is 0.125 e. The van der Waals surface area contributed by atoms with E-state index in [0.717, 1.165) is 10.6 Å². The summed E-state index contributed by atoms with van der Waals surface area (Å²) in [6.07, 6.45) is 0. The number of rotatable bonds is 3. The molecule has 0 aromatic heterocycles. The van der Waals surface area contributed by atoms with Gasteiger partial charge in [0, 0.05) is 5.54 Å². The molecule has 0 aliphatic carbocycles. The molecule has 0 amide bonds. The van der Waals surface area contributed by atoms with Gasteiger partial charge in [-0.2, -0.15) is 0 Å². The molecule has 4 heteroatoms. The molecule has 1 atom stereocenters. The Morgan fingerprint density at radius 1 is 1.20 bits per heavy atom. The van der Waals surface area contributed by atoms with Gasteiger partial charge in [0.25, 0.3) is 0 Å². The first-order chi connectivity index (χ1) is 6.92. The fourth-order valence-electron chi connectivity index (χ4n) is 1.04. The molecular formula is C11H17NO2S. The summed E-state index contributed by atoms with van der Waals surface area (Å²) >= 11 is 0. The molecule has 0 saturated heterocycles. The first-order valence-electron chi connectivity index (χ1n) is 4.76. The molecule has 15 heavy (non-hydrogen) atoms. The second kappa shape index (κ2) is 4.77. The third-order valence-corrected chi connectivity index (χ3v) is 3.17. The second-order valence-electron chi connectivity index (χ2n) is 4.30. The van der Waals surface area contributed by atoms with Gasteiger partial charge >= 0.3 is 0 Å². The van der Waals surface area contributed by atoms with Gasteiger partial charge < -0.3 is 4.74 Å². The predicted molar refractivity (Wildman–Crippen MR) is 62.3 cm³/mol. The van der Waals surface area contributed by atoms with Crippen LogP contribution in [0.25, 0.3) is 0 Å². The van der Waals surface area contributed by atoms with Gasteiger partial charge in [-0.1, -0.05) is 0 Å². The van der Waals surface area contributed by atoms with Gasteiger partial charge in [-0.05, 0) is 45.0 Å². The van der Waals surface area contributed by atoms with Crippen LogP contribution in [0, 0.1) is 0 Å². The summed E-state index contributed by atoms with van der Waals surface area (Å²) < 4.78 is 19.9. The first-order valence-corrected chi connectivity index (χ1v) is 5.91. The molecule has 1 aromatic rings. The van der Waals surface area contributed by atoms with E-state index in [-0.39, 0.29) is 5.54 Å². The molecule has 0 aliphatic heterocycles. The van der Waals surface area contributed by atoms with Gasteiger partial charge in [0.2, 0.25) is 0 Å². The Hall–Kier alpha value is -0.870. The van der Waals surface area contributed by atoms with Crippen LogP contribution in [0.3, 0.4) is 0 Å². The minimum absolute atomic E-state index is 0.162. The topological polar surface area (TPSA) is 38.3 Å². The third-order valence-electron chi connectivity index (χ3n) is 1.67. The van der Waals surface area contributed by atoms with Gasteiger partial charge in [-0.3, -0.25) is 0 Å². The molecule has 0 radical (unpaired) electrons. The normalized spacial score (nSPS) is 13.6. The van der Waals surface area contributed by atoms with Crippen LogP contribution in [0.2, 0.25) is 0 Å². The Balaban J connectivity index is 2.75. The number of methoxy groups -OCH3 is 1. The highest BCUT2D eigenvalue weighted by Crippen LogP contribution is 2.14. The van der Waals surface area contributed by atoms with Crippen molar-refractivity contribution in [2.45, 2.75) is 31.2 Å². The van der Waals surface area contributed by atoms with Gasteiger partial charge in [0.15, 0.2) is 0 Å². The maximum Gasteiger partial charge on any atom is 0.125 e. The fourth-order valence-corrected chi connectivity index (χ4v) is 2.09. The van der Waals surface area contributed by atoms with E-state index in [2.05, 4.69) is 4.72 Å². The molecule has 1 rings (SSSR count). The number of hydrogen-bond acceptors (Lipinski definition) is 2.